The van der Waals surface area contributed by atoms with Crippen molar-refractivity contribution in [2.45, 2.75) is 5.92 Å². The molecule has 0 saturated carbocycles. The van der Waals surface area contributed by atoms with E-state index in [4.69, 9.17) is 10.8 Å². The highest BCUT2D eigenvalue weighted by molar-refractivity contribution is 5.75. The van der Waals surface area contributed by atoms with Crippen molar-refractivity contribution in [3.05, 3.63) is 12.2 Å². The van der Waals surface area contributed by atoms with E-state index in [1.165, 1.54) is 6.33 Å². The number of nitrogens with two attached hydrogens (primary N) is 1. The van der Waals surface area contributed by atoms with Crippen molar-refractivity contribution in [1.82, 2.24) is 15.2 Å². The predicted octanol–water partition coefficient (Wildman–Crippen LogP) is -1.07. The smallest absolute Gasteiger partial charge is 0.315 e. The minimum atomic E-state index is -0.996. The largest absolute Gasteiger partial charge is 0.481 e. The molecule has 1 unspecified atom stereocenters. The molecule has 11 heavy (non-hydrogen) atoms. The number of nitrogens with one attached hydrogen (secondary N) is 1. The second kappa shape index (κ2) is 3.11. The molecule has 6 nitrogen and oxygen atoms in total. The number of carboxylic acid groups (broad SMARTS) is 1. The molecule has 0 aliphatic rings. The zero-order chi connectivity index (χ0) is 8.27. The summed E-state index contributed by atoms with van der Waals surface area (Å²) < 4.78 is 0. The molecule has 1 atom stereocenters. The van der Waals surface area contributed by atoms with Crippen LogP contribution in [0, 0.1) is 0 Å². The van der Waals surface area contributed by atoms with Crippen molar-refractivity contribution in [2.24, 2.45) is 5.73 Å². The molecule has 0 spiro atoms. The van der Waals surface area contributed by atoms with Gasteiger partial charge in [-0.05, 0) is 0 Å². The third-order valence-corrected chi connectivity index (χ3v) is 1.30. The first-order valence-corrected chi connectivity index (χ1v) is 3.04. The quantitative estimate of drug-likeness (QED) is 0.517. The molecule has 0 aliphatic heterocycles. The van der Waals surface area contributed by atoms with Gasteiger partial charge < -0.3 is 10.8 Å². The lowest BCUT2D eigenvalue weighted by atomic mass is 10.1. The molecule has 1 heterocycles. The topological polar surface area (TPSA) is 105 Å². The molecule has 6 heteroatoms. The van der Waals surface area contributed by atoms with Crippen LogP contribution < -0.4 is 5.73 Å². The number of rotatable bonds is 3. The molecule has 0 aromatic carbocycles. The lowest BCUT2D eigenvalue weighted by Crippen LogP contribution is -2.22. The third-order valence-electron chi connectivity index (χ3n) is 1.30. The van der Waals surface area contributed by atoms with E-state index in [0.717, 1.165) is 0 Å². The Hall–Kier alpha value is -1.43. The first-order chi connectivity index (χ1) is 5.25. The van der Waals surface area contributed by atoms with E-state index in [-0.39, 0.29) is 6.54 Å². The summed E-state index contributed by atoms with van der Waals surface area (Å²) in [4.78, 5) is 14.1. The van der Waals surface area contributed by atoms with E-state index in [2.05, 4.69) is 15.2 Å². The minimum Gasteiger partial charge on any atom is -0.481 e. The van der Waals surface area contributed by atoms with Crippen LogP contribution >= 0.6 is 0 Å². The van der Waals surface area contributed by atoms with Crippen LogP contribution in [0.15, 0.2) is 6.33 Å². The van der Waals surface area contributed by atoms with E-state index in [0.29, 0.717) is 5.82 Å². The van der Waals surface area contributed by atoms with Gasteiger partial charge in [0.05, 0.1) is 0 Å². The molecule has 1 rings (SSSR count). The Morgan fingerprint density at radius 2 is 2.64 bits per heavy atom. The lowest BCUT2D eigenvalue weighted by Gasteiger charge is -2.03. The van der Waals surface area contributed by atoms with E-state index in [9.17, 15) is 4.79 Å². The lowest BCUT2D eigenvalue weighted by molar-refractivity contribution is -0.138. The Morgan fingerprint density at radius 1 is 1.91 bits per heavy atom. The van der Waals surface area contributed by atoms with E-state index in [1.54, 1.807) is 0 Å². The average molecular weight is 156 g/mol. The molecule has 4 N–H and O–H groups in total. The Labute approximate surface area is 62.4 Å². The summed E-state index contributed by atoms with van der Waals surface area (Å²) in [7, 11) is 0. The van der Waals surface area contributed by atoms with Crippen molar-refractivity contribution in [3.63, 3.8) is 0 Å². The van der Waals surface area contributed by atoms with E-state index in [1.807, 2.05) is 0 Å². The Balaban J connectivity index is 2.79. The van der Waals surface area contributed by atoms with Crippen LogP contribution in [0.4, 0.5) is 0 Å². The Bertz CT molecular complexity index is 233. The molecule has 0 saturated heterocycles. The fraction of sp³-hybridized carbons (Fsp3) is 0.400. The zero-order valence-electron chi connectivity index (χ0n) is 5.69. The summed E-state index contributed by atoms with van der Waals surface area (Å²) in [5.74, 6) is -1.48. The Kier molecular flexibility index (Phi) is 2.17. The van der Waals surface area contributed by atoms with E-state index < -0.39 is 11.9 Å². The number of aromatic nitrogens is 3. The highest BCUT2D eigenvalue weighted by atomic mass is 16.4. The van der Waals surface area contributed by atoms with Crippen LogP contribution in [0.3, 0.4) is 0 Å². The molecule has 1 aromatic rings. The molecular formula is C5H8N4O2. The van der Waals surface area contributed by atoms with E-state index >= 15 is 0 Å². The average Bonchev–Trinajstić information content (AvgIpc) is 2.40. The van der Waals surface area contributed by atoms with Gasteiger partial charge in [-0.2, -0.15) is 5.10 Å². The molecule has 0 fully saturated rings. The van der Waals surface area contributed by atoms with Gasteiger partial charge in [-0.1, -0.05) is 0 Å². The van der Waals surface area contributed by atoms with Gasteiger partial charge >= 0.3 is 5.97 Å². The Morgan fingerprint density at radius 3 is 3.00 bits per heavy atom. The number of carboxylic acids is 1. The van der Waals surface area contributed by atoms with Crippen molar-refractivity contribution < 1.29 is 9.90 Å². The summed E-state index contributed by atoms with van der Waals surface area (Å²) in [5.41, 5.74) is 5.20. The molecule has 60 valence electrons. The minimum absolute atomic E-state index is 0.0184. The second-order valence-corrected chi connectivity index (χ2v) is 2.00. The van der Waals surface area contributed by atoms with Crippen LogP contribution in [0.2, 0.25) is 0 Å². The fourth-order valence-corrected chi connectivity index (χ4v) is 0.712. The monoisotopic (exact) mass is 156 g/mol. The summed E-state index contributed by atoms with van der Waals surface area (Å²) in [6.07, 6.45) is 1.25. The summed E-state index contributed by atoms with van der Waals surface area (Å²) >= 11 is 0. The van der Waals surface area contributed by atoms with Crippen LogP contribution in [0.1, 0.15) is 11.7 Å². The van der Waals surface area contributed by atoms with Crippen molar-refractivity contribution in [2.75, 3.05) is 6.54 Å². The van der Waals surface area contributed by atoms with Gasteiger partial charge in [0, 0.05) is 6.54 Å². The first-order valence-electron chi connectivity index (χ1n) is 3.04. The number of aromatic amines is 1. The highest BCUT2D eigenvalue weighted by Crippen LogP contribution is 2.06. The fourth-order valence-electron chi connectivity index (χ4n) is 0.712. The normalized spacial score (nSPS) is 12.8. The van der Waals surface area contributed by atoms with Gasteiger partial charge in [0.15, 0.2) is 0 Å². The van der Waals surface area contributed by atoms with Crippen molar-refractivity contribution >= 4 is 5.97 Å². The molecule has 1 aromatic heterocycles. The summed E-state index contributed by atoms with van der Waals surface area (Å²) in [6.45, 7) is 0.0184. The third kappa shape index (κ3) is 1.53. The number of H-pyrrole nitrogens is 1. The number of hydrogen-bond donors (Lipinski definition) is 3. The van der Waals surface area contributed by atoms with Crippen molar-refractivity contribution in [1.29, 1.82) is 0 Å². The SMILES string of the molecule is NCC(C(=O)O)c1ncn[nH]1. The van der Waals surface area contributed by atoms with Crippen LogP contribution in [-0.4, -0.2) is 32.8 Å². The standard InChI is InChI=1S/C5H8N4O2/c6-1-3(5(10)11)4-7-2-8-9-4/h2-3H,1,6H2,(H,10,11)(H,7,8,9). The molecule has 0 aliphatic carbocycles. The van der Waals surface area contributed by atoms with Gasteiger partial charge in [0.25, 0.3) is 0 Å². The van der Waals surface area contributed by atoms with Crippen LogP contribution in [0.25, 0.3) is 0 Å². The van der Waals surface area contributed by atoms with Gasteiger partial charge in [0.1, 0.15) is 18.1 Å². The number of nitrogens with zero attached hydrogens (tertiary/aromatic N) is 2. The second-order valence-electron chi connectivity index (χ2n) is 2.00. The summed E-state index contributed by atoms with van der Waals surface area (Å²) in [5, 5.41) is 14.5. The van der Waals surface area contributed by atoms with Crippen LogP contribution in [0.5, 0.6) is 0 Å². The maximum Gasteiger partial charge on any atom is 0.315 e. The van der Waals surface area contributed by atoms with Gasteiger partial charge in [-0.3, -0.25) is 9.89 Å². The molecule has 0 radical (unpaired) electrons. The number of aliphatic carboxylic acids is 1. The number of hydrogen-bond acceptors (Lipinski definition) is 4. The maximum absolute atomic E-state index is 10.5. The predicted molar refractivity (Wildman–Crippen MR) is 35.8 cm³/mol. The highest BCUT2D eigenvalue weighted by Gasteiger charge is 2.20. The maximum atomic E-state index is 10.5. The first kappa shape index (κ1) is 7.67. The molecule has 0 amide bonds. The van der Waals surface area contributed by atoms with Crippen molar-refractivity contribution in [3.8, 4) is 0 Å². The van der Waals surface area contributed by atoms with Crippen LogP contribution in [-0.2, 0) is 4.79 Å². The molecule has 0 bridgehead atoms. The number of carbonyl (C=O) groups is 1. The summed E-state index contributed by atoms with van der Waals surface area (Å²) in [6, 6.07) is 0. The van der Waals surface area contributed by atoms with Gasteiger partial charge in [-0.25, -0.2) is 4.98 Å². The zero-order valence-corrected chi connectivity index (χ0v) is 5.69. The van der Waals surface area contributed by atoms with Gasteiger partial charge in [0.2, 0.25) is 0 Å². The van der Waals surface area contributed by atoms with Gasteiger partial charge in [-0.15, -0.1) is 0 Å². The molecular weight excluding hydrogens is 148 g/mol.